The first-order valence-electron chi connectivity index (χ1n) is 5.97. The number of thiazole rings is 1. The summed E-state index contributed by atoms with van der Waals surface area (Å²) in [5, 5.41) is 4.29. The predicted octanol–water partition coefficient (Wildman–Crippen LogP) is 3.54. The van der Waals surface area contributed by atoms with Gasteiger partial charge < -0.3 is 9.30 Å². The Kier molecular flexibility index (Phi) is 3.02. The molecule has 0 saturated heterocycles. The quantitative estimate of drug-likeness (QED) is 0.715. The van der Waals surface area contributed by atoms with Crippen LogP contribution in [-0.2, 0) is 6.54 Å². The van der Waals surface area contributed by atoms with Crippen LogP contribution in [0.25, 0.3) is 10.9 Å². The Morgan fingerprint density at radius 1 is 1.33 bits per heavy atom. The molecule has 3 rings (SSSR count). The van der Waals surface area contributed by atoms with Crippen LogP contribution in [0.1, 0.15) is 11.9 Å². The summed E-state index contributed by atoms with van der Waals surface area (Å²) in [6.45, 7) is 3.51. The van der Waals surface area contributed by atoms with Crippen LogP contribution in [-0.4, -0.2) is 16.2 Å². The Hall–Kier alpha value is -1.81. The van der Waals surface area contributed by atoms with E-state index in [1.165, 1.54) is 5.52 Å². The van der Waals surface area contributed by atoms with Gasteiger partial charge in [-0.1, -0.05) is 6.07 Å². The van der Waals surface area contributed by atoms with Crippen LogP contribution in [0.3, 0.4) is 0 Å². The van der Waals surface area contributed by atoms with E-state index in [2.05, 4.69) is 27.9 Å². The molecule has 0 radical (unpaired) electrons. The molecule has 18 heavy (non-hydrogen) atoms. The number of nitrogens with zero attached hydrogens (tertiary/aromatic N) is 2. The third kappa shape index (κ3) is 1.99. The van der Waals surface area contributed by atoms with Gasteiger partial charge in [0.25, 0.3) is 0 Å². The zero-order valence-electron chi connectivity index (χ0n) is 10.2. The van der Waals surface area contributed by atoms with E-state index in [1.54, 1.807) is 11.3 Å². The van der Waals surface area contributed by atoms with Gasteiger partial charge in [0.05, 0.1) is 18.7 Å². The van der Waals surface area contributed by atoms with Gasteiger partial charge in [0, 0.05) is 23.2 Å². The average Bonchev–Trinajstić information content (AvgIpc) is 3.01. The van der Waals surface area contributed by atoms with Crippen LogP contribution in [0.2, 0.25) is 0 Å². The largest absolute Gasteiger partial charge is 0.493 e. The number of ether oxygens (including phenoxy) is 1. The molecule has 3 nitrogen and oxygen atoms in total. The molecule has 2 heterocycles. The first kappa shape index (κ1) is 11.3. The molecule has 92 valence electrons. The van der Waals surface area contributed by atoms with E-state index >= 15 is 0 Å². The number of hydrogen-bond donors (Lipinski definition) is 0. The highest BCUT2D eigenvalue weighted by Crippen LogP contribution is 2.27. The molecule has 0 aliphatic carbocycles. The van der Waals surface area contributed by atoms with Crippen molar-refractivity contribution in [3.63, 3.8) is 0 Å². The molecule has 0 N–H and O–H groups in total. The number of hydrogen-bond acceptors (Lipinski definition) is 3. The molecular formula is C14H14N2OS. The van der Waals surface area contributed by atoms with Crippen LogP contribution in [0.15, 0.2) is 42.0 Å². The van der Waals surface area contributed by atoms with Crippen molar-refractivity contribution < 1.29 is 4.74 Å². The van der Waals surface area contributed by atoms with Crippen molar-refractivity contribution in [1.29, 1.82) is 0 Å². The van der Waals surface area contributed by atoms with Crippen LogP contribution < -0.4 is 4.74 Å². The molecule has 0 atom stereocenters. The zero-order valence-corrected chi connectivity index (χ0v) is 11.0. The molecule has 0 unspecified atom stereocenters. The zero-order chi connectivity index (χ0) is 12.4. The summed E-state index contributed by atoms with van der Waals surface area (Å²) in [5.74, 6) is 0.952. The normalized spacial score (nSPS) is 10.9. The van der Waals surface area contributed by atoms with Crippen LogP contribution >= 0.6 is 11.3 Å². The Balaban J connectivity index is 2.01. The molecule has 0 spiro atoms. The minimum atomic E-state index is 0.691. The average molecular weight is 258 g/mol. The van der Waals surface area contributed by atoms with Crippen molar-refractivity contribution in [2.45, 2.75) is 13.5 Å². The van der Waals surface area contributed by atoms with Gasteiger partial charge in [0.15, 0.2) is 0 Å². The summed E-state index contributed by atoms with van der Waals surface area (Å²) in [7, 11) is 0. The minimum absolute atomic E-state index is 0.691. The van der Waals surface area contributed by atoms with E-state index in [-0.39, 0.29) is 0 Å². The van der Waals surface area contributed by atoms with Gasteiger partial charge in [-0.25, -0.2) is 4.98 Å². The van der Waals surface area contributed by atoms with Gasteiger partial charge in [0.1, 0.15) is 10.8 Å². The highest BCUT2D eigenvalue weighted by Gasteiger charge is 2.07. The Labute approximate surface area is 110 Å². The predicted molar refractivity (Wildman–Crippen MR) is 74.3 cm³/mol. The summed E-state index contributed by atoms with van der Waals surface area (Å²) in [6.07, 6.45) is 3.94. The van der Waals surface area contributed by atoms with Gasteiger partial charge in [-0.2, -0.15) is 0 Å². The highest BCUT2D eigenvalue weighted by atomic mass is 32.1. The summed E-state index contributed by atoms with van der Waals surface area (Å²) in [4.78, 5) is 4.32. The Bertz CT molecular complexity index is 643. The molecule has 4 heteroatoms. The SMILES string of the molecule is CCOc1cccc2c1ccn2Cc1nccs1. The van der Waals surface area contributed by atoms with Crippen molar-refractivity contribution >= 4 is 22.2 Å². The number of aromatic nitrogens is 2. The Morgan fingerprint density at radius 2 is 2.28 bits per heavy atom. The van der Waals surface area contributed by atoms with E-state index in [4.69, 9.17) is 4.74 Å². The number of fused-ring (bicyclic) bond motifs is 1. The van der Waals surface area contributed by atoms with Gasteiger partial charge >= 0.3 is 0 Å². The maximum atomic E-state index is 5.64. The lowest BCUT2D eigenvalue weighted by atomic mass is 10.2. The molecular weight excluding hydrogens is 244 g/mol. The van der Waals surface area contributed by atoms with Crippen LogP contribution in [0.5, 0.6) is 5.75 Å². The molecule has 3 aromatic rings. The van der Waals surface area contributed by atoms with Crippen LogP contribution in [0.4, 0.5) is 0 Å². The Morgan fingerprint density at radius 3 is 3.06 bits per heavy atom. The van der Waals surface area contributed by atoms with E-state index in [1.807, 2.05) is 30.6 Å². The second-order valence-electron chi connectivity index (χ2n) is 3.99. The molecule has 0 aliphatic rings. The van der Waals surface area contributed by atoms with Gasteiger partial charge in [-0.15, -0.1) is 11.3 Å². The van der Waals surface area contributed by atoms with Gasteiger partial charge in [-0.3, -0.25) is 0 Å². The highest BCUT2D eigenvalue weighted by molar-refractivity contribution is 7.09. The fraction of sp³-hybridized carbons (Fsp3) is 0.214. The fourth-order valence-electron chi connectivity index (χ4n) is 2.09. The lowest BCUT2D eigenvalue weighted by Crippen LogP contribution is -1.97. The summed E-state index contributed by atoms with van der Waals surface area (Å²) < 4.78 is 7.85. The standard InChI is InChI=1S/C14H14N2OS/c1-2-17-13-5-3-4-12-11(13)6-8-16(12)10-14-15-7-9-18-14/h3-9H,2,10H2,1H3. The number of benzene rings is 1. The fourth-order valence-corrected chi connectivity index (χ4v) is 2.71. The molecule has 0 fully saturated rings. The minimum Gasteiger partial charge on any atom is -0.493 e. The van der Waals surface area contributed by atoms with Gasteiger partial charge in [-0.05, 0) is 25.1 Å². The second kappa shape index (κ2) is 4.82. The monoisotopic (exact) mass is 258 g/mol. The number of rotatable bonds is 4. The van der Waals surface area contributed by atoms with E-state index in [0.29, 0.717) is 6.61 Å². The maximum Gasteiger partial charge on any atom is 0.128 e. The van der Waals surface area contributed by atoms with Crippen molar-refractivity contribution in [2.24, 2.45) is 0 Å². The second-order valence-corrected chi connectivity index (χ2v) is 4.97. The summed E-state index contributed by atoms with van der Waals surface area (Å²) in [5.41, 5.74) is 1.19. The van der Waals surface area contributed by atoms with E-state index < -0.39 is 0 Å². The summed E-state index contributed by atoms with van der Waals surface area (Å²) >= 11 is 1.68. The third-order valence-electron chi connectivity index (χ3n) is 2.86. The third-order valence-corrected chi connectivity index (χ3v) is 3.63. The first-order chi connectivity index (χ1) is 8.88. The molecule has 1 aromatic carbocycles. The van der Waals surface area contributed by atoms with E-state index in [0.717, 1.165) is 22.7 Å². The lowest BCUT2D eigenvalue weighted by molar-refractivity contribution is 0.344. The topological polar surface area (TPSA) is 27.1 Å². The summed E-state index contributed by atoms with van der Waals surface area (Å²) in [6, 6.07) is 8.27. The molecule has 0 saturated carbocycles. The molecule has 0 aliphatic heterocycles. The van der Waals surface area contributed by atoms with Crippen molar-refractivity contribution in [3.05, 3.63) is 47.0 Å². The maximum absolute atomic E-state index is 5.64. The van der Waals surface area contributed by atoms with Crippen molar-refractivity contribution in [3.8, 4) is 5.75 Å². The molecule has 0 amide bonds. The van der Waals surface area contributed by atoms with Crippen LogP contribution in [0, 0.1) is 0 Å². The van der Waals surface area contributed by atoms with Crippen molar-refractivity contribution in [1.82, 2.24) is 9.55 Å². The lowest BCUT2D eigenvalue weighted by Gasteiger charge is -2.06. The molecule has 0 bridgehead atoms. The first-order valence-corrected chi connectivity index (χ1v) is 6.85. The molecule has 2 aromatic heterocycles. The van der Waals surface area contributed by atoms with Crippen molar-refractivity contribution in [2.75, 3.05) is 6.61 Å². The van der Waals surface area contributed by atoms with E-state index in [9.17, 15) is 0 Å². The smallest absolute Gasteiger partial charge is 0.128 e. The van der Waals surface area contributed by atoms with Gasteiger partial charge in [0.2, 0.25) is 0 Å².